The van der Waals surface area contributed by atoms with Crippen LogP contribution in [0.15, 0.2) is 11.0 Å². The van der Waals surface area contributed by atoms with Crippen LogP contribution in [-0.2, 0) is 5.88 Å². The number of halogens is 3. The Morgan fingerprint density at radius 2 is 2.29 bits per heavy atom. The molecule has 1 heterocycles. The lowest BCUT2D eigenvalue weighted by Gasteiger charge is -2.09. The Labute approximate surface area is 83.7 Å². The third-order valence-electron chi connectivity index (χ3n) is 1.76. The highest BCUT2D eigenvalue weighted by atomic mass is 35.5. The molecule has 0 bridgehead atoms. The molecule has 1 aromatic heterocycles. The second kappa shape index (κ2) is 4.41. The summed E-state index contributed by atoms with van der Waals surface area (Å²) >= 11 is 5.47. The van der Waals surface area contributed by atoms with E-state index in [0.717, 1.165) is 6.20 Å². The lowest BCUT2D eigenvalue weighted by Crippen LogP contribution is -2.13. The summed E-state index contributed by atoms with van der Waals surface area (Å²) in [6.07, 6.45) is -1.73. The fraction of sp³-hybridized carbons (Fsp3) is 0.375. The number of alkyl halides is 3. The van der Waals surface area contributed by atoms with Gasteiger partial charge in [0.25, 0.3) is 12.0 Å². The summed E-state index contributed by atoms with van der Waals surface area (Å²) in [7, 11) is 1.23. The second-order valence-electron chi connectivity index (χ2n) is 2.52. The van der Waals surface area contributed by atoms with Crippen molar-refractivity contribution in [3.63, 3.8) is 0 Å². The molecule has 0 aromatic carbocycles. The van der Waals surface area contributed by atoms with Gasteiger partial charge in [-0.15, -0.1) is 11.6 Å². The third-order valence-corrected chi connectivity index (χ3v) is 2.03. The lowest BCUT2D eigenvalue weighted by molar-refractivity contribution is 0.149. The summed E-state index contributed by atoms with van der Waals surface area (Å²) < 4.78 is 29.5. The van der Waals surface area contributed by atoms with E-state index in [4.69, 9.17) is 16.3 Å². The van der Waals surface area contributed by atoms with Crippen LogP contribution in [0.3, 0.4) is 0 Å². The first kappa shape index (κ1) is 11.0. The van der Waals surface area contributed by atoms with Gasteiger partial charge in [-0.05, 0) is 0 Å². The Kier molecular flexibility index (Phi) is 3.46. The average molecular weight is 224 g/mol. The minimum atomic E-state index is -2.69. The molecule has 0 fully saturated rings. The zero-order valence-corrected chi connectivity index (χ0v) is 8.07. The largest absolute Gasteiger partial charge is 0.491 e. The molecule has 14 heavy (non-hydrogen) atoms. The number of H-pyrrole nitrogens is 1. The van der Waals surface area contributed by atoms with Gasteiger partial charge in [-0.2, -0.15) is 0 Å². The third kappa shape index (κ3) is 1.87. The highest BCUT2D eigenvalue weighted by molar-refractivity contribution is 6.17. The van der Waals surface area contributed by atoms with Gasteiger partial charge in [0.2, 0.25) is 0 Å². The Morgan fingerprint density at radius 1 is 1.64 bits per heavy atom. The van der Waals surface area contributed by atoms with Crippen molar-refractivity contribution >= 4 is 11.6 Å². The molecule has 1 aromatic rings. The Morgan fingerprint density at radius 3 is 2.71 bits per heavy atom. The molecule has 0 aliphatic rings. The fourth-order valence-electron chi connectivity index (χ4n) is 1.11. The van der Waals surface area contributed by atoms with Crippen molar-refractivity contribution in [3.05, 3.63) is 27.7 Å². The monoisotopic (exact) mass is 223 g/mol. The standard InChI is InChI=1S/C8H8ClF2NO2/c1-14-6-4(2-9)5(7(10)11)3-12-8(6)13/h3,7H,2H2,1H3,(H,12,13). The van der Waals surface area contributed by atoms with Gasteiger partial charge in [-0.25, -0.2) is 8.78 Å². The molecule has 0 amide bonds. The first-order valence-electron chi connectivity index (χ1n) is 3.74. The number of pyridine rings is 1. The van der Waals surface area contributed by atoms with Gasteiger partial charge in [-0.1, -0.05) is 0 Å². The number of hydrogen-bond donors (Lipinski definition) is 1. The van der Waals surface area contributed by atoms with E-state index in [0.29, 0.717) is 0 Å². The molecule has 0 spiro atoms. The number of aromatic nitrogens is 1. The summed E-state index contributed by atoms with van der Waals surface area (Å²) in [6.45, 7) is 0. The molecule has 0 radical (unpaired) electrons. The Balaban J connectivity index is 3.40. The molecule has 1 rings (SSSR count). The van der Waals surface area contributed by atoms with Gasteiger partial charge in [0.1, 0.15) is 0 Å². The first-order valence-corrected chi connectivity index (χ1v) is 4.27. The summed E-state index contributed by atoms with van der Waals surface area (Å²) in [6, 6.07) is 0. The number of methoxy groups -OCH3 is 1. The average Bonchev–Trinajstić information content (AvgIpc) is 2.16. The van der Waals surface area contributed by atoms with Crippen molar-refractivity contribution in [1.82, 2.24) is 4.98 Å². The van der Waals surface area contributed by atoms with Gasteiger partial charge in [0, 0.05) is 17.3 Å². The van der Waals surface area contributed by atoms with E-state index in [2.05, 4.69) is 4.98 Å². The van der Waals surface area contributed by atoms with Crippen LogP contribution in [0, 0.1) is 0 Å². The molecule has 0 saturated carbocycles. The zero-order valence-electron chi connectivity index (χ0n) is 7.31. The summed E-state index contributed by atoms with van der Waals surface area (Å²) in [5.41, 5.74) is -0.836. The van der Waals surface area contributed by atoms with Crippen LogP contribution in [0.2, 0.25) is 0 Å². The van der Waals surface area contributed by atoms with E-state index < -0.39 is 12.0 Å². The summed E-state index contributed by atoms with van der Waals surface area (Å²) in [4.78, 5) is 13.3. The number of aromatic amines is 1. The zero-order chi connectivity index (χ0) is 10.7. The molecular weight excluding hydrogens is 216 g/mol. The molecule has 1 N–H and O–H groups in total. The minimum Gasteiger partial charge on any atom is -0.491 e. The molecule has 78 valence electrons. The van der Waals surface area contributed by atoms with Crippen LogP contribution in [0.4, 0.5) is 8.78 Å². The topological polar surface area (TPSA) is 42.1 Å². The van der Waals surface area contributed by atoms with E-state index in [1.165, 1.54) is 7.11 Å². The van der Waals surface area contributed by atoms with E-state index >= 15 is 0 Å². The van der Waals surface area contributed by atoms with E-state index in [1.54, 1.807) is 0 Å². The molecule has 0 atom stereocenters. The van der Waals surface area contributed by atoms with E-state index in [-0.39, 0.29) is 22.8 Å². The number of nitrogens with one attached hydrogen (secondary N) is 1. The van der Waals surface area contributed by atoms with Crippen molar-refractivity contribution in [2.75, 3.05) is 7.11 Å². The van der Waals surface area contributed by atoms with Crippen molar-refractivity contribution in [3.8, 4) is 5.75 Å². The van der Waals surface area contributed by atoms with Crippen LogP contribution in [0.1, 0.15) is 17.6 Å². The molecule has 0 saturated heterocycles. The number of hydrogen-bond acceptors (Lipinski definition) is 2. The predicted octanol–water partition coefficient (Wildman–Crippen LogP) is 2.06. The Bertz CT molecular complexity index is 378. The normalized spacial score (nSPS) is 10.6. The van der Waals surface area contributed by atoms with Gasteiger partial charge in [0.05, 0.1) is 13.0 Å². The van der Waals surface area contributed by atoms with Crippen LogP contribution < -0.4 is 10.3 Å². The lowest BCUT2D eigenvalue weighted by atomic mass is 10.1. The first-order chi connectivity index (χ1) is 6.61. The molecule has 3 nitrogen and oxygen atoms in total. The summed E-state index contributed by atoms with van der Waals surface area (Å²) in [5, 5.41) is 0. The van der Waals surface area contributed by atoms with Gasteiger partial charge < -0.3 is 9.72 Å². The maximum absolute atomic E-state index is 12.4. The Hall–Kier alpha value is -1.10. The van der Waals surface area contributed by atoms with Crippen LogP contribution in [0.25, 0.3) is 0 Å². The molecule has 6 heteroatoms. The van der Waals surface area contributed by atoms with E-state index in [9.17, 15) is 13.6 Å². The van der Waals surface area contributed by atoms with Crippen molar-refractivity contribution < 1.29 is 13.5 Å². The van der Waals surface area contributed by atoms with Gasteiger partial charge in [-0.3, -0.25) is 4.79 Å². The predicted molar refractivity (Wildman–Crippen MR) is 48.1 cm³/mol. The quantitative estimate of drug-likeness (QED) is 0.797. The second-order valence-corrected chi connectivity index (χ2v) is 2.79. The minimum absolute atomic E-state index is 0.0351. The van der Waals surface area contributed by atoms with Crippen LogP contribution >= 0.6 is 11.6 Å². The maximum atomic E-state index is 12.4. The van der Waals surface area contributed by atoms with Gasteiger partial charge in [0.15, 0.2) is 5.75 Å². The van der Waals surface area contributed by atoms with Crippen molar-refractivity contribution in [1.29, 1.82) is 0 Å². The van der Waals surface area contributed by atoms with Crippen molar-refractivity contribution in [2.45, 2.75) is 12.3 Å². The molecule has 0 aliphatic carbocycles. The molecule has 0 aliphatic heterocycles. The molecule has 0 unspecified atom stereocenters. The SMILES string of the molecule is COc1c(CCl)c(C(F)F)c[nH]c1=O. The number of rotatable bonds is 3. The highest BCUT2D eigenvalue weighted by Crippen LogP contribution is 2.27. The van der Waals surface area contributed by atoms with Gasteiger partial charge >= 0.3 is 0 Å². The van der Waals surface area contributed by atoms with Crippen molar-refractivity contribution in [2.24, 2.45) is 0 Å². The maximum Gasteiger partial charge on any atom is 0.290 e. The van der Waals surface area contributed by atoms with E-state index in [1.807, 2.05) is 0 Å². The smallest absolute Gasteiger partial charge is 0.290 e. The molecular formula is C8H8ClF2NO2. The van der Waals surface area contributed by atoms with Crippen LogP contribution in [0.5, 0.6) is 5.75 Å². The number of ether oxygens (including phenoxy) is 1. The summed E-state index contributed by atoms with van der Waals surface area (Å²) in [5.74, 6) is -0.343. The van der Waals surface area contributed by atoms with Crippen LogP contribution in [-0.4, -0.2) is 12.1 Å². The fourth-order valence-corrected chi connectivity index (χ4v) is 1.39. The highest BCUT2D eigenvalue weighted by Gasteiger charge is 2.18.